The van der Waals surface area contributed by atoms with E-state index in [0.29, 0.717) is 30.6 Å². The average molecular weight is 276 g/mol. The molecule has 1 atom stereocenters. The normalized spacial score (nSPS) is 17.7. The minimum absolute atomic E-state index is 0.00221. The number of aromatic amines is 1. The third kappa shape index (κ3) is 2.98. The van der Waals surface area contributed by atoms with E-state index in [4.69, 9.17) is 0 Å². The number of H-pyrrole nitrogens is 1. The first-order valence-electron chi connectivity index (χ1n) is 7.10. The zero-order valence-corrected chi connectivity index (χ0v) is 11.9. The number of rotatable bonds is 4. The Balaban J connectivity index is 2.28. The second-order valence-corrected chi connectivity index (χ2v) is 5.45. The molecule has 0 spiro atoms. The van der Waals surface area contributed by atoms with Gasteiger partial charge in [0.15, 0.2) is 5.78 Å². The highest BCUT2D eigenvalue weighted by molar-refractivity contribution is 6.01. The summed E-state index contributed by atoms with van der Waals surface area (Å²) in [5.41, 5.74) is 0.759. The average Bonchev–Trinajstić information content (AvgIpc) is 2.37. The first-order chi connectivity index (χ1) is 9.52. The van der Waals surface area contributed by atoms with E-state index in [9.17, 15) is 14.4 Å². The van der Waals surface area contributed by atoms with Crippen molar-refractivity contribution in [1.29, 1.82) is 0 Å². The Morgan fingerprint density at radius 3 is 2.85 bits per heavy atom. The van der Waals surface area contributed by atoms with Crippen molar-refractivity contribution in [3.8, 4) is 0 Å². The number of carbonyl (C=O) groups excluding carboxylic acids is 2. The van der Waals surface area contributed by atoms with Crippen LogP contribution in [0.1, 0.15) is 59.5 Å². The van der Waals surface area contributed by atoms with Crippen molar-refractivity contribution in [1.82, 2.24) is 10.3 Å². The van der Waals surface area contributed by atoms with Crippen LogP contribution < -0.4 is 10.9 Å². The topological polar surface area (TPSA) is 79.0 Å². The minimum atomic E-state index is -0.417. The lowest BCUT2D eigenvalue weighted by Gasteiger charge is -2.20. The first kappa shape index (κ1) is 14.5. The Morgan fingerprint density at radius 1 is 1.40 bits per heavy atom. The van der Waals surface area contributed by atoms with Gasteiger partial charge in [-0.3, -0.25) is 14.4 Å². The van der Waals surface area contributed by atoms with Crippen molar-refractivity contribution in [3.63, 3.8) is 0 Å². The van der Waals surface area contributed by atoms with E-state index in [-0.39, 0.29) is 17.3 Å². The van der Waals surface area contributed by atoms with Crippen molar-refractivity contribution < 1.29 is 9.59 Å². The Morgan fingerprint density at radius 2 is 2.15 bits per heavy atom. The zero-order chi connectivity index (χ0) is 14.7. The molecule has 0 bridgehead atoms. The number of hydrogen-bond acceptors (Lipinski definition) is 3. The fraction of sp³-hybridized carbons (Fsp3) is 0.533. The van der Waals surface area contributed by atoms with Gasteiger partial charge in [0.25, 0.3) is 11.5 Å². The molecule has 1 amide bonds. The van der Waals surface area contributed by atoms with E-state index in [2.05, 4.69) is 10.3 Å². The highest BCUT2D eigenvalue weighted by Gasteiger charge is 2.25. The van der Waals surface area contributed by atoms with Crippen molar-refractivity contribution in [2.75, 3.05) is 6.54 Å². The van der Waals surface area contributed by atoms with Gasteiger partial charge in [0.2, 0.25) is 0 Å². The second kappa shape index (κ2) is 6.03. The van der Waals surface area contributed by atoms with Gasteiger partial charge in [-0.2, -0.15) is 0 Å². The zero-order valence-electron chi connectivity index (χ0n) is 11.9. The van der Waals surface area contributed by atoms with E-state index in [1.165, 1.54) is 6.07 Å². The van der Waals surface area contributed by atoms with Gasteiger partial charge in [-0.15, -0.1) is 0 Å². The highest BCUT2D eigenvalue weighted by atomic mass is 16.2. The largest absolute Gasteiger partial charge is 0.352 e. The molecule has 1 aromatic heterocycles. The summed E-state index contributed by atoms with van der Waals surface area (Å²) in [5.74, 6) is -0.179. The third-order valence-electron chi connectivity index (χ3n) is 3.57. The smallest absolute Gasteiger partial charge is 0.261 e. The van der Waals surface area contributed by atoms with Crippen molar-refractivity contribution in [2.24, 2.45) is 5.92 Å². The van der Waals surface area contributed by atoms with E-state index in [1.807, 2.05) is 13.8 Å². The standard InChI is InChI=1S/C15H20N2O3/c1-3-4-5-16-14(19)11-8-10-12(17-15(11)20)6-9(2)7-13(10)18/h8-9H,3-7H2,1-2H3,(H,16,19)(H,17,20)/t9-/m0/s1. The fourth-order valence-corrected chi connectivity index (χ4v) is 2.47. The Kier molecular flexibility index (Phi) is 4.37. The van der Waals surface area contributed by atoms with Crippen LogP contribution in [0.2, 0.25) is 0 Å². The van der Waals surface area contributed by atoms with Crippen LogP contribution >= 0.6 is 0 Å². The van der Waals surface area contributed by atoms with Crippen LogP contribution in [0.3, 0.4) is 0 Å². The van der Waals surface area contributed by atoms with Crippen LogP contribution in [0.4, 0.5) is 0 Å². The van der Waals surface area contributed by atoms with Gasteiger partial charge in [-0.25, -0.2) is 0 Å². The van der Waals surface area contributed by atoms with Crippen LogP contribution in [0.25, 0.3) is 0 Å². The molecule has 1 aliphatic rings. The number of pyridine rings is 1. The lowest BCUT2D eigenvalue weighted by Crippen LogP contribution is -2.33. The molecule has 5 nitrogen and oxygen atoms in total. The number of fused-ring (bicyclic) bond motifs is 1. The van der Waals surface area contributed by atoms with Crippen molar-refractivity contribution in [3.05, 3.63) is 33.2 Å². The van der Waals surface area contributed by atoms with Crippen molar-refractivity contribution >= 4 is 11.7 Å². The van der Waals surface area contributed by atoms with Crippen molar-refractivity contribution in [2.45, 2.75) is 39.5 Å². The maximum atomic E-state index is 12.0. The second-order valence-electron chi connectivity index (χ2n) is 5.45. The number of carbonyl (C=O) groups is 2. The van der Waals surface area contributed by atoms with E-state index >= 15 is 0 Å². The molecule has 1 aromatic rings. The number of unbranched alkanes of at least 4 members (excludes halogenated alkanes) is 1. The molecule has 1 heterocycles. The number of Topliss-reactive ketones (excluding diaryl/α,β-unsaturated/α-hetero) is 1. The summed E-state index contributed by atoms with van der Waals surface area (Å²) in [4.78, 5) is 38.6. The van der Waals surface area contributed by atoms with Gasteiger partial charge in [-0.05, 0) is 24.8 Å². The maximum absolute atomic E-state index is 12.0. The number of nitrogens with one attached hydrogen (secondary N) is 2. The van der Waals surface area contributed by atoms with E-state index < -0.39 is 11.5 Å². The predicted molar refractivity (Wildman–Crippen MR) is 76.1 cm³/mol. The molecule has 0 saturated heterocycles. The number of aromatic nitrogens is 1. The predicted octanol–water partition coefficient (Wildman–Crippen LogP) is 1.67. The van der Waals surface area contributed by atoms with E-state index in [1.54, 1.807) is 0 Å². The van der Waals surface area contributed by atoms with Crippen LogP contribution in [-0.2, 0) is 6.42 Å². The summed E-state index contributed by atoms with van der Waals surface area (Å²) in [6, 6.07) is 1.45. The molecular formula is C15H20N2O3. The maximum Gasteiger partial charge on any atom is 0.261 e. The van der Waals surface area contributed by atoms with Gasteiger partial charge in [0.1, 0.15) is 5.56 Å². The molecule has 0 saturated carbocycles. The van der Waals surface area contributed by atoms with Crippen LogP contribution in [0, 0.1) is 5.92 Å². The number of ketones is 1. The molecule has 0 radical (unpaired) electrons. The summed E-state index contributed by atoms with van der Waals surface area (Å²) >= 11 is 0. The lowest BCUT2D eigenvalue weighted by molar-refractivity contribution is 0.0951. The molecule has 20 heavy (non-hydrogen) atoms. The van der Waals surface area contributed by atoms with Gasteiger partial charge in [-0.1, -0.05) is 20.3 Å². The van der Waals surface area contributed by atoms with Crippen LogP contribution in [0.5, 0.6) is 0 Å². The minimum Gasteiger partial charge on any atom is -0.352 e. The number of hydrogen-bond donors (Lipinski definition) is 2. The monoisotopic (exact) mass is 276 g/mol. The molecule has 5 heteroatoms. The Labute approximate surface area is 117 Å². The lowest BCUT2D eigenvalue weighted by atomic mass is 9.86. The first-order valence-corrected chi connectivity index (χ1v) is 7.10. The summed E-state index contributed by atoms with van der Waals surface area (Å²) in [5, 5.41) is 2.70. The van der Waals surface area contributed by atoms with Gasteiger partial charge >= 0.3 is 0 Å². The molecule has 0 fully saturated rings. The third-order valence-corrected chi connectivity index (χ3v) is 3.57. The number of amides is 1. The highest BCUT2D eigenvalue weighted by Crippen LogP contribution is 2.23. The molecule has 108 valence electrons. The van der Waals surface area contributed by atoms with Gasteiger partial charge < -0.3 is 10.3 Å². The SMILES string of the molecule is CCCCNC(=O)c1cc2c([nH]c1=O)C[C@H](C)CC2=O. The Bertz CT molecular complexity index is 589. The molecule has 0 unspecified atom stereocenters. The quantitative estimate of drug-likeness (QED) is 0.821. The van der Waals surface area contributed by atoms with Crippen LogP contribution in [0.15, 0.2) is 10.9 Å². The molecule has 1 aliphatic carbocycles. The Hall–Kier alpha value is -1.91. The van der Waals surface area contributed by atoms with Gasteiger partial charge in [0, 0.05) is 24.2 Å². The molecule has 0 aliphatic heterocycles. The molecule has 2 N–H and O–H groups in total. The van der Waals surface area contributed by atoms with Gasteiger partial charge in [0.05, 0.1) is 0 Å². The summed E-state index contributed by atoms with van der Waals surface area (Å²) in [6.07, 6.45) is 2.98. The molecule has 0 aromatic carbocycles. The molecule has 2 rings (SSSR count). The fourth-order valence-electron chi connectivity index (χ4n) is 2.47. The van der Waals surface area contributed by atoms with E-state index in [0.717, 1.165) is 12.8 Å². The van der Waals surface area contributed by atoms with Crippen LogP contribution in [-0.4, -0.2) is 23.2 Å². The summed E-state index contributed by atoms with van der Waals surface area (Å²) in [6.45, 7) is 4.54. The molecular weight excluding hydrogens is 256 g/mol. The summed E-state index contributed by atoms with van der Waals surface area (Å²) in [7, 11) is 0. The summed E-state index contributed by atoms with van der Waals surface area (Å²) < 4.78 is 0.